The Balaban J connectivity index is 1.49. The average molecular weight is 418 g/mol. The van der Waals surface area contributed by atoms with Crippen molar-refractivity contribution in [3.63, 3.8) is 0 Å². The number of H-pyrrole nitrogens is 1. The number of carbonyl (C=O) groups excluding carboxylic acids is 2. The fraction of sp³-hybridized carbons (Fsp3) is 0.385. The summed E-state index contributed by atoms with van der Waals surface area (Å²) >= 11 is 0. The van der Waals surface area contributed by atoms with Crippen LogP contribution in [0.1, 0.15) is 43.7 Å². The lowest BCUT2D eigenvalue weighted by Crippen LogP contribution is -2.44. The van der Waals surface area contributed by atoms with Crippen molar-refractivity contribution in [2.24, 2.45) is 0 Å². The average Bonchev–Trinajstić information content (AvgIpc) is 3.55. The van der Waals surface area contributed by atoms with E-state index in [1.54, 1.807) is 0 Å². The number of benzene rings is 2. The Morgan fingerprint density at radius 3 is 2.48 bits per heavy atom. The van der Waals surface area contributed by atoms with Crippen LogP contribution in [0.3, 0.4) is 0 Å². The summed E-state index contributed by atoms with van der Waals surface area (Å²) in [6.45, 7) is 3.37. The lowest BCUT2D eigenvalue weighted by molar-refractivity contribution is -0.141. The largest absolute Gasteiger partial charge is 0.361 e. The molecule has 0 aliphatic heterocycles. The van der Waals surface area contributed by atoms with E-state index in [0.29, 0.717) is 19.5 Å². The Hall–Kier alpha value is -3.08. The van der Waals surface area contributed by atoms with Gasteiger partial charge in [0.15, 0.2) is 0 Å². The van der Waals surface area contributed by atoms with Crippen LogP contribution in [0.5, 0.6) is 0 Å². The lowest BCUT2D eigenvalue weighted by atomic mass is 10.1. The number of nitrogens with one attached hydrogen (secondary N) is 1. The fourth-order valence-electron chi connectivity index (χ4n) is 4.10. The van der Waals surface area contributed by atoms with Crippen molar-refractivity contribution in [2.45, 2.75) is 51.6 Å². The van der Waals surface area contributed by atoms with Crippen molar-refractivity contribution in [1.82, 2.24) is 14.8 Å². The van der Waals surface area contributed by atoms with Gasteiger partial charge in [-0.3, -0.25) is 9.59 Å². The molecule has 1 heterocycles. The van der Waals surface area contributed by atoms with Gasteiger partial charge in [-0.05, 0) is 42.9 Å². The molecule has 4 rings (SSSR count). The van der Waals surface area contributed by atoms with Crippen LogP contribution in [0, 0.1) is 0 Å². The molecule has 3 aromatic rings. The third kappa shape index (κ3) is 5.35. The molecule has 0 radical (unpaired) electrons. The predicted octanol–water partition coefficient (Wildman–Crippen LogP) is 4.53. The molecular weight excluding hydrogens is 386 g/mol. The first-order chi connectivity index (χ1) is 15.2. The highest BCUT2D eigenvalue weighted by atomic mass is 16.2. The molecule has 1 aliphatic carbocycles. The molecule has 0 bridgehead atoms. The van der Waals surface area contributed by atoms with Crippen LogP contribution >= 0.6 is 0 Å². The Labute approximate surface area is 184 Å². The van der Waals surface area contributed by atoms with E-state index in [4.69, 9.17) is 0 Å². The molecule has 0 spiro atoms. The zero-order chi connectivity index (χ0) is 21.6. The summed E-state index contributed by atoms with van der Waals surface area (Å²) in [6.07, 6.45) is 6.15. The Bertz CT molecular complexity index is 1020. The van der Waals surface area contributed by atoms with Gasteiger partial charge in [0.1, 0.15) is 6.54 Å². The van der Waals surface area contributed by atoms with E-state index < -0.39 is 0 Å². The van der Waals surface area contributed by atoms with Crippen LogP contribution in [0.4, 0.5) is 0 Å². The Kier molecular flexibility index (Phi) is 6.70. The van der Waals surface area contributed by atoms with E-state index in [1.165, 1.54) is 10.9 Å². The first-order valence-electron chi connectivity index (χ1n) is 11.3. The van der Waals surface area contributed by atoms with Gasteiger partial charge in [0.05, 0.1) is 0 Å². The van der Waals surface area contributed by atoms with E-state index in [-0.39, 0.29) is 24.4 Å². The maximum absolute atomic E-state index is 13.3. The normalized spacial score (nSPS) is 13.3. The zero-order valence-electron chi connectivity index (χ0n) is 18.2. The molecule has 1 aromatic heterocycles. The maximum atomic E-state index is 13.3. The molecule has 2 amide bonds. The number of rotatable bonds is 10. The molecule has 1 N–H and O–H groups in total. The number of amides is 2. The molecular formula is C26H31N3O2. The number of aromatic nitrogens is 1. The third-order valence-electron chi connectivity index (χ3n) is 5.97. The molecule has 1 aliphatic rings. The first-order valence-corrected chi connectivity index (χ1v) is 11.3. The number of nitrogens with zero attached hydrogens (tertiary/aromatic N) is 2. The fourth-order valence-corrected chi connectivity index (χ4v) is 4.10. The van der Waals surface area contributed by atoms with Crippen molar-refractivity contribution in [2.75, 3.05) is 13.1 Å². The van der Waals surface area contributed by atoms with Gasteiger partial charge in [-0.15, -0.1) is 0 Å². The third-order valence-corrected chi connectivity index (χ3v) is 5.97. The molecule has 1 saturated carbocycles. The molecule has 162 valence electrons. The van der Waals surface area contributed by atoms with Crippen LogP contribution in [-0.4, -0.2) is 45.7 Å². The highest BCUT2D eigenvalue weighted by Crippen LogP contribution is 2.28. The standard InChI is InChI=1S/C26H31N3O2/c1-2-8-25(30)29(22-13-14-22)19-26(31)28(18-20-9-4-3-5-10-20)16-15-21-17-27-24-12-7-6-11-23(21)24/h3-7,9-12,17,22,27H,2,8,13-16,18-19H2,1H3. The van der Waals surface area contributed by atoms with Crippen LogP contribution in [0.25, 0.3) is 10.9 Å². The minimum atomic E-state index is 0.0278. The molecule has 5 nitrogen and oxygen atoms in total. The molecule has 0 unspecified atom stereocenters. The van der Waals surface area contributed by atoms with Crippen molar-refractivity contribution < 1.29 is 9.59 Å². The second kappa shape index (κ2) is 9.82. The molecule has 0 saturated heterocycles. The van der Waals surface area contributed by atoms with Gasteiger partial charge >= 0.3 is 0 Å². The second-order valence-corrected chi connectivity index (χ2v) is 8.41. The van der Waals surface area contributed by atoms with E-state index in [2.05, 4.69) is 17.1 Å². The molecule has 5 heteroatoms. The minimum Gasteiger partial charge on any atom is -0.361 e. The summed E-state index contributed by atoms with van der Waals surface area (Å²) in [4.78, 5) is 33.0. The summed E-state index contributed by atoms with van der Waals surface area (Å²) in [5, 5.41) is 1.20. The van der Waals surface area contributed by atoms with Crippen LogP contribution in [0.15, 0.2) is 60.8 Å². The molecule has 1 fully saturated rings. The van der Waals surface area contributed by atoms with Gasteiger partial charge in [-0.1, -0.05) is 55.5 Å². The van der Waals surface area contributed by atoms with Gasteiger partial charge in [0.2, 0.25) is 11.8 Å². The van der Waals surface area contributed by atoms with Crippen LogP contribution in [-0.2, 0) is 22.6 Å². The smallest absolute Gasteiger partial charge is 0.242 e. The molecule has 31 heavy (non-hydrogen) atoms. The lowest BCUT2D eigenvalue weighted by Gasteiger charge is -2.28. The van der Waals surface area contributed by atoms with Crippen LogP contribution < -0.4 is 0 Å². The summed E-state index contributed by atoms with van der Waals surface area (Å²) in [5.74, 6) is 0.134. The van der Waals surface area contributed by atoms with Crippen molar-refractivity contribution in [1.29, 1.82) is 0 Å². The SMILES string of the molecule is CCCC(=O)N(CC(=O)N(CCc1c[nH]c2ccccc12)Cc1ccccc1)C1CC1. The maximum Gasteiger partial charge on any atom is 0.242 e. The highest BCUT2D eigenvalue weighted by molar-refractivity contribution is 5.86. The number of para-hydroxylation sites is 1. The monoisotopic (exact) mass is 417 g/mol. The van der Waals surface area contributed by atoms with E-state index in [0.717, 1.165) is 36.8 Å². The highest BCUT2D eigenvalue weighted by Gasteiger charge is 2.34. The summed E-state index contributed by atoms with van der Waals surface area (Å²) < 4.78 is 0. The summed E-state index contributed by atoms with van der Waals surface area (Å²) in [7, 11) is 0. The first kappa shape index (κ1) is 21.2. The summed E-state index contributed by atoms with van der Waals surface area (Å²) in [5.41, 5.74) is 3.43. The number of hydrogen-bond acceptors (Lipinski definition) is 2. The zero-order valence-corrected chi connectivity index (χ0v) is 18.2. The summed E-state index contributed by atoms with van der Waals surface area (Å²) in [6, 6.07) is 18.6. The van der Waals surface area contributed by atoms with Gasteiger partial charge in [0, 0.05) is 42.7 Å². The minimum absolute atomic E-state index is 0.0278. The quantitative estimate of drug-likeness (QED) is 0.527. The van der Waals surface area contributed by atoms with Crippen molar-refractivity contribution >= 4 is 22.7 Å². The molecule has 2 aromatic carbocycles. The Morgan fingerprint density at radius 2 is 1.74 bits per heavy atom. The number of carbonyl (C=O) groups is 2. The number of hydrogen-bond donors (Lipinski definition) is 1. The van der Waals surface area contributed by atoms with Crippen molar-refractivity contribution in [3.05, 3.63) is 71.9 Å². The Morgan fingerprint density at radius 1 is 1.00 bits per heavy atom. The van der Waals surface area contributed by atoms with Crippen molar-refractivity contribution in [3.8, 4) is 0 Å². The topological polar surface area (TPSA) is 56.4 Å². The van der Waals surface area contributed by atoms with E-state index in [1.807, 2.05) is 65.4 Å². The second-order valence-electron chi connectivity index (χ2n) is 8.41. The van der Waals surface area contributed by atoms with Gasteiger partial charge < -0.3 is 14.8 Å². The molecule has 0 atom stereocenters. The number of fused-ring (bicyclic) bond motifs is 1. The van der Waals surface area contributed by atoms with E-state index in [9.17, 15) is 9.59 Å². The van der Waals surface area contributed by atoms with Gasteiger partial charge in [0.25, 0.3) is 0 Å². The van der Waals surface area contributed by atoms with Crippen LogP contribution in [0.2, 0.25) is 0 Å². The van der Waals surface area contributed by atoms with E-state index >= 15 is 0 Å². The van der Waals surface area contributed by atoms with Gasteiger partial charge in [-0.25, -0.2) is 0 Å². The number of aromatic amines is 1. The predicted molar refractivity (Wildman–Crippen MR) is 124 cm³/mol. The van der Waals surface area contributed by atoms with Gasteiger partial charge in [-0.2, -0.15) is 0 Å².